The van der Waals surface area contributed by atoms with Crippen molar-refractivity contribution < 1.29 is 19.0 Å². The number of hydrogen-bond acceptors (Lipinski definition) is 4. The van der Waals surface area contributed by atoms with E-state index >= 15 is 0 Å². The fourth-order valence-corrected chi connectivity index (χ4v) is 2.06. The van der Waals surface area contributed by atoms with E-state index in [1.54, 1.807) is 0 Å². The summed E-state index contributed by atoms with van der Waals surface area (Å²) in [6, 6.07) is 5.77. The first-order chi connectivity index (χ1) is 8.53. The van der Waals surface area contributed by atoms with E-state index in [2.05, 4.69) is 0 Å². The molecule has 98 valence electrons. The van der Waals surface area contributed by atoms with E-state index in [1.807, 2.05) is 32.0 Å². The third-order valence-electron chi connectivity index (χ3n) is 2.99. The van der Waals surface area contributed by atoms with E-state index in [-0.39, 0.29) is 5.97 Å². The Bertz CT molecular complexity index is 451. The van der Waals surface area contributed by atoms with E-state index in [0.717, 1.165) is 17.1 Å². The van der Waals surface area contributed by atoms with Gasteiger partial charge in [-0.2, -0.15) is 0 Å². The monoisotopic (exact) mass is 250 g/mol. The molecule has 0 N–H and O–H groups in total. The lowest BCUT2D eigenvalue weighted by atomic mass is 9.86. The van der Waals surface area contributed by atoms with Gasteiger partial charge in [-0.15, -0.1) is 0 Å². The first-order valence-electron chi connectivity index (χ1n) is 6.00. The van der Waals surface area contributed by atoms with Gasteiger partial charge in [-0.05, 0) is 38.0 Å². The summed E-state index contributed by atoms with van der Waals surface area (Å²) in [7, 11) is 1.41. The maximum atomic E-state index is 11.6. The highest BCUT2D eigenvalue weighted by molar-refractivity contribution is 5.76. The molecule has 0 unspecified atom stereocenters. The molecule has 1 aliphatic heterocycles. The van der Waals surface area contributed by atoms with Crippen molar-refractivity contribution in [1.29, 1.82) is 0 Å². The Morgan fingerprint density at radius 3 is 2.61 bits per heavy atom. The number of fused-ring (bicyclic) bond motifs is 1. The number of carbonyl (C=O) groups excluding carboxylic acids is 1. The van der Waals surface area contributed by atoms with Gasteiger partial charge in [0.15, 0.2) is 11.5 Å². The number of methoxy groups -OCH3 is 1. The summed E-state index contributed by atoms with van der Waals surface area (Å²) < 4.78 is 15.8. The van der Waals surface area contributed by atoms with Crippen LogP contribution in [0.3, 0.4) is 0 Å². The van der Waals surface area contributed by atoms with Crippen LogP contribution >= 0.6 is 0 Å². The van der Waals surface area contributed by atoms with Crippen LogP contribution in [0.1, 0.15) is 19.4 Å². The maximum absolute atomic E-state index is 11.6. The molecule has 4 heteroatoms. The molecule has 4 nitrogen and oxygen atoms in total. The Balaban J connectivity index is 2.17. The molecule has 0 fully saturated rings. The molecule has 0 aliphatic carbocycles. The molecular weight excluding hydrogens is 232 g/mol. The first kappa shape index (κ1) is 12.7. The maximum Gasteiger partial charge on any atom is 0.311 e. The summed E-state index contributed by atoms with van der Waals surface area (Å²) in [5.41, 5.74) is 0.494. The summed E-state index contributed by atoms with van der Waals surface area (Å²) in [5.74, 6) is 1.30. The highest BCUT2D eigenvalue weighted by atomic mass is 16.6. The molecule has 0 aromatic heterocycles. The topological polar surface area (TPSA) is 44.8 Å². The molecule has 18 heavy (non-hydrogen) atoms. The van der Waals surface area contributed by atoms with Gasteiger partial charge in [-0.1, -0.05) is 6.07 Å². The Hall–Kier alpha value is -1.71. The van der Waals surface area contributed by atoms with Gasteiger partial charge in [-0.25, -0.2) is 0 Å². The zero-order valence-electron chi connectivity index (χ0n) is 11.0. The Kier molecular flexibility index (Phi) is 3.45. The molecule has 1 aliphatic rings. The summed E-state index contributed by atoms with van der Waals surface area (Å²) in [5, 5.41) is 0. The van der Waals surface area contributed by atoms with Crippen molar-refractivity contribution in [3.63, 3.8) is 0 Å². The van der Waals surface area contributed by atoms with E-state index < -0.39 is 5.41 Å². The number of carbonyl (C=O) groups is 1. The number of ether oxygens (including phenoxy) is 3. The number of benzene rings is 1. The zero-order chi connectivity index (χ0) is 13.2. The molecule has 0 amide bonds. The number of rotatable bonds is 3. The van der Waals surface area contributed by atoms with Crippen LogP contribution in [0.2, 0.25) is 0 Å². The van der Waals surface area contributed by atoms with Gasteiger partial charge in [0, 0.05) is 0 Å². The normalized spacial score (nSPS) is 14.2. The van der Waals surface area contributed by atoms with Crippen molar-refractivity contribution in [2.75, 3.05) is 20.3 Å². The van der Waals surface area contributed by atoms with Gasteiger partial charge in [0.25, 0.3) is 0 Å². The standard InChI is InChI=1S/C14H18O4/c1-14(2,13(15)16-3)9-10-4-5-11-12(8-10)18-7-6-17-11/h4-5,8H,6-7,9H2,1-3H3. The molecule has 0 spiro atoms. The lowest BCUT2D eigenvalue weighted by Crippen LogP contribution is -2.28. The van der Waals surface area contributed by atoms with Crippen molar-refractivity contribution in [2.24, 2.45) is 5.41 Å². The van der Waals surface area contributed by atoms with Crippen molar-refractivity contribution in [3.05, 3.63) is 23.8 Å². The highest BCUT2D eigenvalue weighted by Gasteiger charge is 2.29. The van der Waals surface area contributed by atoms with Crippen LogP contribution in [-0.4, -0.2) is 26.3 Å². The minimum absolute atomic E-state index is 0.211. The second kappa shape index (κ2) is 4.88. The molecule has 1 aromatic carbocycles. The van der Waals surface area contributed by atoms with E-state index in [9.17, 15) is 4.79 Å². The van der Waals surface area contributed by atoms with Crippen molar-refractivity contribution >= 4 is 5.97 Å². The molecule has 1 heterocycles. The van der Waals surface area contributed by atoms with Gasteiger partial charge in [0.1, 0.15) is 13.2 Å². The molecule has 0 saturated carbocycles. The van der Waals surface area contributed by atoms with Crippen molar-refractivity contribution in [1.82, 2.24) is 0 Å². The third-order valence-corrected chi connectivity index (χ3v) is 2.99. The first-order valence-corrected chi connectivity index (χ1v) is 6.00. The number of esters is 1. The fraction of sp³-hybridized carbons (Fsp3) is 0.500. The molecule has 0 radical (unpaired) electrons. The van der Waals surface area contributed by atoms with Crippen LogP contribution in [0, 0.1) is 5.41 Å². The lowest BCUT2D eigenvalue weighted by molar-refractivity contribution is -0.150. The quantitative estimate of drug-likeness (QED) is 0.771. The van der Waals surface area contributed by atoms with E-state index in [0.29, 0.717) is 19.6 Å². The number of hydrogen-bond donors (Lipinski definition) is 0. The SMILES string of the molecule is COC(=O)C(C)(C)Cc1ccc2c(c1)OCCO2. The smallest absolute Gasteiger partial charge is 0.311 e. The van der Waals surface area contributed by atoms with Gasteiger partial charge in [0.05, 0.1) is 12.5 Å². The molecular formula is C14H18O4. The van der Waals surface area contributed by atoms with Crippen LogP contribution in [0.15, 0.2) is 18.2 Å². The lowest BCUT2D eigenvalue weighted by Gasteiger charge is -2.23. The third kappa shape index (κ3) is 2.58. The van der Waals surface area contributed by atoms with E-state index in [1.165, 1.54) is 7.11 Å². The Morgan fingerprint density at radius 2 is 1.94 bits per heavy atom. The van der Waals surface area contributed by atoms with Crippen LogP contribution < -0.4 is 9.47 Å². The average Bonchev–Trinajstić information content (AvgIpc) is 2.37. The fourth-order valence-electron chi connectivity index (χ4n) is 2.06. The van der Waals surface area contributed by atoms with Gasteiger partial charge >= 0.3 is 5.97 Å². The second-order valence-electron chi connectivity index (χ2n) is 5.03. The Labute approximate surface area is 107 Å². The highest BCUT2D eigenvalue weighted by Crippen LogP contribution is 2.33. The molecule has 0 bridgehead atoms. The van der Waals surface area contributed by atoms with Crippen molar-refractivity contribution in [3.8, 4) is 11.5 Å². The predicted octanol–water partition coefficient (Wildman–Crippen LogP) is 2.20. The Morgan fingerprint density at radius 1 is 1.28 bits per heavy atom. The van der Waals surface area contributed by atoms with Gasteiger partial charge in [0.2, 0.25) is 0 Å². The molecule has 1 aromatic rings. The van der Waals surface area contributed by atoms with Gasteiger partial charge < -0.3 is 14.2 Å². The summed E-state index contributed by atoms with van der Waals surface area (Å²) >= 11 is 0. The summed E-state index contributed by atoms with van der Waals surface area (Å²) in [6.45, 7) is 4.89. The predicted molar refractivity (Wildman–Crippen MR) is 66.9 cm³/mol. The molecule has 0 saturated heterocycles. The summed E-state index contributed by atoms with van der Waals surface area (Å²) in [6.07, 6.45) is 0.607. The minimum Gasteiger partial charge on any atom is -0.486 e. The van der Waals surface area contributed by atoms with Crippen LogP contribution in [0.5, 0.6) is 11.5 Å². The van der Waals surface area contributed by atoms with E-state index in [4.69, 9.17) is 14.2 Å². The zero-order valence-corrected chi connectivity index (χ0v) is 11.0. The summed E-state index contributed by atoms with van der Waals surface area (Å²) in [4.78, 5) is 11.6. The molecule has 2 rings (SSSR count). The van der Waals surface area contributed by atoms with Crippen LogP contribution in [-0.2, 0) is 16.0 Å². The van der Waals surface area contributed by atoms with Crippen molar-refractivity contribution in [2.45, 2.75) is 20.3 Å². The van der Waals surface area contributed by atoms with Crippen LogP contribution in [0.25, 0.3) is 0 Å². The largest absolute Gasteiger partial charge is 0.486 e. The second-order valence-corrected chi connectivity index (χ2v) is 5.03. The molecule has 0 atom stereocenters. The minimum atomic E-state index is -0.543. The van der Waals surface area contributed by atoms with Gasteiger partial charge in [-0.3, -0.25) is 4.79 Å². The average molecular weight is 250 g/mol. The van der Waals surface area contributed by atoms with Crippen LogP contribution in [0.4, 0.5) is 0 Å².